The predicted molar refractivity (Wildman–Crippen MR) is 337 cm³/mol. The average Bonchev–Trinajstić information content (AvgIpc) is 1.74. The highest BCUT2D eigenvalue weighted by Crippen LogP contribution is 2.56. The Balaban J connectivity index is 0.928. The Morgan fingerprint density at radius 2 is 1.04 bits per heavy atom. The van der Waals surface area contributed by atoms with Gasteiger partial charge in [0.05, 0.1) is 58.1 Å². The summed E-state index contributed by atoms with van der Waals surface area (Å²) >= 11 is 1.31. The molecule has 8 rings (SSSR count). The van der Waals surface area contributed by atoms with E-state index in [0.717, 1.165) is 0 Å². The molecule has 4 amide bonds. The number of phosphoric ester groups is 2. The van der Waals surface area contributed by atoms with E-state index >= 15 is 0 Å². The van der Waals surface area contributed by atoms with Crippen molar-refractivity contribution in [1.82, 2.24) is 16.0 Å². The van der Waals surface area contributed by atoms with Gasteiger partial charge in [-0.05, 0) is 42.5 Å². The molecule has 105 heavy (non-hydrogen) atoms. The lowest BCUT2D eigenvalue weighted by Gasteiger charge is -2.49. The molecule has 7 aliphatic rings. The zero-order chi connectivity index (χ0) is 77.4. The second kappa shape index (κ2) is 38.0. The van der Waals surface area contributed by atoms with Gasteiger partial charge in [-0.3, -0.25) is 37.3 Å². The van der Waals surface area contributed by atoms with Crippen molar-refractivity contribution in [2.24, 2.45) is 17.2 Å². The molecule has 6 heterocycles. The van der Waals surface area contributed by atoms with Gasteiger partial charge >= 0.3 is 15.6 Å². The normalized spacial score (nSPS) is 42.3. The van der Waals surface area contributed by atoms with Crippen molar-refractivity contribution in [1.29, 1.82) is 0 Å². The van der Waals surface area contributed by atoms with Gasteiger partial charge in [0.25, 0.3) is 0 Å². The SMILES string of the molecule is CSCC[C@H](NC(=O)[C@@H](N)Cc1ccc(O)cc1)C(=O)N[C@@H](CC(N)=O)C(=O)NCCOP(=O)(O)OC[C@H]1O[C@H](O[C@@H]2[C@@H](OC[C@H]3O[C@H](O[C@H]4[C@H](O)[C@@H](N)[C@H](O[C@@H]5[C@@H](O)[C@H](O)[C@@H](O)[C@H]6OP(=O)(O)O[C@H]65)O[C@@H]4CO)[C@@H](O)[C@@H](O)[C@@H]3O)O[C@H](CO)[C@@H](O)[C@@H]2O)[C@@H](O[C@H]2O[C@H](CO)[C@@H](O)[C@H](O)[C@@H]2O)[C@@H](O)[C@@H]1O. The molecule has 7 fully saturated rings. The lowest BCUT2D eigenvalue weighted by molar-refractivity contribution is -0.396. The van der Waals surface area contributed by atoms with E-state index < -0.39 is 300 Å². The number of aromatic hydroxyl groups is 1. The molecule has 6 saturated heterocycles. The Hall–Kier alpha value is -3.69. The van der Waals surface area contributed by atoms with Crippen LogP contribution in [0.15, 0.2) is 24.3 Å². The fourth-order valence-corrected chi connectivity index (χ4v) is 14.5. The van der Waals surface area contributed by atoms with Crippen molar-refractivity contribution in [3.8, 4) is 5.75 Å². The van der Waals surface area contributed by atoms with Crippen LogP contribution < -0.4 is 33.2 Å². The number of aliphatic hydroxyl groups excluding tert-OH is 17. The molecule has 49 heteroatoms. The lowest BCUT2D eigenvalue weighted by atomic mass is 9.84. The quantitative estimate of drug-likeness (QED) is 0.0229. The van der Waals surface area contributed by atoms with Crippen LogP contribution in [0, 0.1) is 0 Å². The summed E-state index contributed by atoms with van der Waals surface area (Å²) in [6, 6.07) is -0.114. The number of primary amides is 1. The van der Waals surface area contributed by atoms with Gasteiger partial charge in [-0.15, -0.1) is 0 Å². The number of ether oxygens (including phenoxy) is 10. The third-order valence-corrected chi connectivity index (χ3v) is 20.7. The number of hydrogen-bond donors (Lipinski definition) is 26. The van der Waals surface area contributed by atoms with Gasteiger partial charge in [0.15, 0.2) is 31.5 Å². The van der Waals surface area contributed by atoms with Crippen LogP contribution in [0.25, 0.3) is 0 Å². The molecular weight excluding hydrogens is 1490 g/mol. The molecular formula is C56H92N6O40P2S. The van der Waals surface area contributed by atoms with E-state index in [1.807, 2.05) is 0 Å². The second-order valence-corrected chi connectivity index (χ2v) is 29.3. The van der Waals surface area contributed by atoms with Crippen molar-refractivity contribution in [2.75, 3.05) is 58.2 Å². The number of nitrogens with one attached hydrogen (secondary N) is 3. The average molecular weight is 1580 g/mol. The molecule has 46 nitrogen and oxygen atoms in total. The van der Waals surface area contributed by atoms with E-state index in [2.05, 4.69) is 16.0 Å². The van der Waals surface area contributed by atoms with E-state index in [1.165, 1.54) is 36.0 Å². The molecule has 1 aromatic carbocycles. The van der Waals surface area contributed by atoms with Crippen LogP contribution in [-0.2, 0) is 100 Å². The number of rotatable bonds is 33. The molecule has 2 unspecified atom stereocenters. The van der Waals surface area contributed by atoms with E-state index in [9.17, 15) is 130 Å². The topological polar surface area (TPSA) is 750 Å². The molecule has 602 valence electrons. The third kappa shape index (κ3) is 21.3. The molecule has 0 radical (unpaired) electrons. The second-order valence-electron chi connectivity index (χ2n) is 25.5. The number of fused-ring (bicyclic) bond motifs is 1. The number of nitrogens with two attached hydrogens (primary N) is 3. The van der Waals surface area contributed by atoms with Crippen molar-refractivity contribution in [3.05, 3.63) is 29.8 Å². The first-order chi connectivity index (χ1) is 49.4. The Morgan fingerprint density at radius 1 is 0.562 bits per heavy atom. The largest absolute Gasteiger partial charge is 0.508 e. The molecule has 29 N–H and O–H groups in total. The molecule has 1 aromatic rings. The molecule has 1 saturated carbocycles. The van der Waals surface area contributed by atoms with E-state index in [4.69, 9.17) is 82.7 Å². The minimum atomic E-state index is -5.38. The van der Waals surface area contributed by atoms with E-state index in [1.54, 1.807) is 6.26 Å². The van der Waals surface area contributed by atoms with Gasteiger partial charge in [0.2, 0.25) is 23.6 Å². The Labute approximate surface area is 599 Å². The number of carbonyl (C=O) groups is 4. The van der Waals surface area contributed by atoms with Crippen molar-refractivity contribution >= 4 is 51.0 Å². The van der Waals surface area contributed by atoms with Crippen LogP contribution in [0.4, 0.5) is 0 Å². The van der Waals surface area contributed by atoms with Crippen LogP contribution in [0.1, 0.15) is 18.4 Å². The zero-order valence-corrected chi connectivity index (χ0v) is 58.0. The van der Waals surface area contributed by atoms with E-state index in [-0.39, 0.29) is 18.6 Å². The molecule has 36 atom stereocenters. The number of phenolic OH excluding ortho intramolecular Hbond substituents is 1. The first kappa shape index (κ1) is 86.9. The first-order valence-corrected chi connectivity index (χ1v) is 37.0. The summed E-state index contributed by atoms with van der Waals surface area (Å²) in [6.07, 6.45) is -61.2. The Morgan fingerprint density at radius 3 is 1.64 bits per heavy atom. The number of hydrogen-bond acceptors (Lipinski definition) is 41. The highest BCUT2D eigenvalue weighted by molar-refractivity contribution is 7.98. The van der Waals surface area contributed by atoms with Crippen molar-refractivity contribution in [2.45, 2.75) is 227 Å². The van der Waals surface area contributed by atoms with E-state index in [0.29, 0.717) is 11.3 Å². The maximum atomic E-state index is 13.6. The number of thioether (sulfide) groups is 1. The van der Waals surface area contributed by atoms with Crippen LogP contribution in [0.3, 0.4) is 0 Å². The Kier molecular flexibility index (Phi) is 31.5. The lowest BCUT2D eigenvalue weighted by Crippen LogP contribution is -2.69. The zero-order valence-electron chi connectivity index (χ0n) is 55.4. The summed E-state index contributed by atoms with van der Waals surface area (Å²) in [4.78, 5) is 73.0. The highest BCUT2D eigenvalue weighted by atomic mass is 32.2. The van der Waals surface area contributed by atoms with Gasteiger partial charge in [0, 0.05) is 6.54 Å². The van der Waals surface area contributed by atoms with Crippen LogP contribution in [0.2, 0.25) is 0 Å². The Bertz CT molecular complexity index is 3080. The number of phenols is 1. The number of carbonyl (C=O) groups excluding carboxylic acids is 4. The minimum Gasteiger partial charge on any atom is -0.508 e. The van der Waals surface area contributed by atoms with Crippen LogP contribution in [-0.4, -0.2) is 392 Å². The predicted octanol–water partition coefficient (Wildman–Crippen LogP) is -14.5. The summed E-state index contributed by atoms with van der Waals surface area (Å²) in [6.45, 7) is -7.05. The smallest absolute Gasteiger partial charge is 0.473 e. The van der Waals surface area contributed by atoms with Gasteiger partial charge in [-0.25, -0.2) is 9.13 Å². The fraction of sp³-hybridized carbons (Fsp3) is 0.821. The first-order valence-electron chi connectivity index (χ1n) is 32.6. The molecule has 6 aliphatic heterocycles. The van der Waals surface area contributed by atoms with Gasteiger partial charge < -0.3 is 182 Å². The van der Waals surface area contributed by atoms with Gasteiger partial charge in [0.1, 0.15) is 170 Å². The highest BCUT2D eigenvalue weighted by Gasteiger charge is 2.62. The standard InChI is InChI=1S/C56H92N6O40P2S/c1-105-9-6-20(61-49(82)19(57)10-17-2-4-18(66)5-3-17)51(84)62-21(11-27(58)67)50(83)60-7-8-90-103(85,86)91-16-26-32(71)38(77)47(99-53-41(80)34(73)29(68)22(12-63)92-53)56(96-26)100-46-37(76)30(69)23(13-64)93-55(46)89-15-25-31(70)35(74)42(81)54(95-25)97-43-24(14-65)94-52(28(59)33(43)72)98-44-39(78)36(75)40(79)45-48(44)102-104(87,88)101-45/h2-5,19-26,28-48,52-56,63-66,68-81H,6-16,57,59H2,1H3,(H2,58,67)(H,60,83)(H,61,82)(H,62,84)(H,85,86)(H,87,88)/t19-,20-,21-,22+,23+,24+,25+,26+,28+,29+,30+,31+,32+,33+,34-,35-,36-,37-,38-,39-,40+,41-,42-,43+,44+,45+,46-,47-,48-,52-,53+,54+,55-,56+/m0/s1. The van der Waals surface area contributed by atoms with Gasteiger partial charge in [-0.2, -0.15) is 11.8 Å². The number of aliphatic hydroxyl groups is 17. The maximum absolute atomic E-state index is 13.6. The third-order valence-electron chi connectivity index (χ3n) is 18.1. The summed E-state index contributed by atoms with van der Waals surface area (Å²) in [5, 5.41) is 202. The monoisotopic (exact) mass is 1580 g/mol. The van der Waals surface area contributed by atoms with Crippen LogP contribution in [0.5, 0.6) is 5.75 Å². The van der Waals surface area contributed by atoms with Crippen molar-refractivity contribution < 1.29 is 195 Å². The number of benzene rings is 1. The summed E-state index contributed by atoms with van der Waals surface area (Å²) in [7, 11) is -10.3. The fourth-order valence-electron chi connectivity index (χ4n) is 12.2. The summed E-state index contributed by atoms with van der Waals surface area (Å²) < 4.78 is 103. The molecule has 0 spiro atoms. The number of amides is 4. The molecule has 0 bridgehead atoms. The maximum Gasteiger partial charge on any atom is 0.473 e. The van der Waals surface area contributed by atoms with Crippen LogP contribution >= 0.6 is 27.4 Å². The molecule has 0 aromatic heterocycles. The summed E-state index contributed by atoms with van der Waals surface area (Å²) in [5.74, 6) is -3.55. The summed E-state index contributed by atoms with van der Waals surface area (Å²) in [5.41, 5.74) is 18.3. The molecule has 1 aliphatic carbocycles. The number of phosphoric acid groups is 2. The van der Waals surface area contributed by atoms with Crippen molar-refractivity contribution in [3.63, 3.8) is 0 Å². The minimum absolute atomic E-state index is 0.00523. The van der Waals surface area contributed by atoms with Gasteiger partial charge in [-0.1, -0.05) is 12.1 Å².